The van der Waals surface area contributed by atoms with Crippen molar-refractivity contribution in [2.24, 2.45) is 5.73 Å². The van der Waals surface area contributed by atoms with E-state index in [1.807, 2.05) is 4.98 Å². The third kappa shape index (κ3) is 14.3. The van der Waals surface area contributed by atoms with Crippen LogP contribution in [-0.4, -0.2) is 89.7 Å². The molecule has 25 heteroatoms. The Balaban J connectivity index is 1.86. The molecule has 0 radical (unpaired) electrons. The molecule has 2 rings (SSSR count). The zero-order valence-electron chi connectivity index (χ0n) is 23.5. The minimum absolute atomic E-state index is 0.114. The number of rotatable bonds is 19. The van der Waals surface area contributed by atoms with Crippen molar-refractivity contribution in [2.45, 2.75) is 63.0 Å². The second kappa shape index (κ2) is 17.4. The van der Waals surface area contributed by atoms with E-state index in [-0.39, 0.29) is 23.6 Å². The van der Waals surface area contributed by atoms with Gasteiger partial charge in [-0.2, -0.15) is 21.3 Å². The number of H-pyrrole nitrogens is 1. The minimum atomic E-state index is -5.76. The number of aliphatic hydroxyl groups is 1. The summed E-state index contributed by atoms with van der Waals surface area (Å²) < 4.78 is 52.1. The van der Waals surface area contributed by atoms with Gasteiger partial charge >= 0.3 is 29.2 Å². The number of nitrogens with two attached hydrogens (primary N) is 1. The monoisotopic (exact) mass is 727 g/mol. The zero-order valence-corrected chi connectivity index (χ0v) is 27.1. The molecule has 258 valence electrons. The average molecular weight is 728 g/mol. The number of nitrogens with one attached hydrogen (secondary N) is 3. The van der Waals surface area contributed by atoms with Gasteiger partial charge in [0.2, 0.25) is 11.8 Å². The fourth-order valence-electron chi connectivity index (χ4n) is 3.87. The Morgan fingerprint density at radius 1 is 1.07 bits per heavy atom. The van der Waals surface area contributed by atoms with Crippen molar-refractivity contribution in [1.82, 2.24) is 20.2 Å². The van der Waals surface area contributed by atoms with E-state index in [0.29, 0.717) is 25.9 Å². The van der Waals surface area contributed by atoms with E-state index < -0.39 is 78.1 Å². The average Bonchev–Trinajstić information content (AvgIpc) is 3.27. The van der Waals surface area contributed by atoms with Crippen molar-refractivity contribution in [1.29, 1.82) is 0 Å². The highest BCUT2D eigenvalue weighted by Crippen LogP contribution is 2.66. The van der Waals surface area contributed by atoms with Gasteiger partial charge < -0.3 is 45.8 Å². The first-order valence-corrected chi connectivity index (χ1v) is 18.3. The number of unbranched alkanes of at least 4 members (excludes halogenated alkanes) is 3. The molecular formula is C20H36N5O16P3S. The second-order valence-corrected chi connectivity index (χ2v) is 14.4. The maximum atomic E-state index is 12.4. The summed E-state index contributed by atoms with van der Waals surface area (Å²) in [6.45, 7) is -0.197. The number of carbonyl (C=O) groups excluding carboxylic acids is 2. The first kappa shape index (κ1) is 39.4. The maximum absolute atomic E-state index is 12.4. The normalized spacial score (nSPS) is 21.9. The number of nitrogens with zero attached hydrogens (tertiary/aromatic N) is 1. The number of amides is 2. The lowest BCUT2D eigenvalue weighted by Crippen LogP contribution is -2.42. The third-order valence-electron chi connectivity index (χ3n) is 5.98. The van der Waals surface area contributed by atoms with Crippen LogP contribution in [0.15, 0.2) is 15.8 Å². The van der Waals surface area contributed by atoms with Crippen molar-refractivity contribution in [2.75, 3.05) is 25.4 Å². The summed E-state index contributed by atoms with van der Waals surface area (Å²) in [5.41, 5.74) is 3.65. The first-order chi connectivity index (χ1) is 20.8. The smallest absolute Gasteiger partial charge is 0.390 e. The quantitative estimate of drug-likeness (QED) is 0.0423. The highest BCUT2D eigenvalue weighted by molar-refractivity contribution is 7.80. The van der Waals surface area contributed by atoms with Gasteiger partial charge in [-0.1, -0.05) is 12.8 Å². The minimum Gasteiger partial charge on any atom is -0.390 e. The summed E-state index contributed by atoms with van der Waals surface area (Å²) in [4.78, 5) is 86.6. The molecule has 10 N–H and O–H groups in total. The second-order valence-electron chi connectivity index (χ2n) is 9.66. The number of thiol groups is 1. The third-order valence-corrected chi connectivity index (χ3v) is 10.2. The summed E-state index contributed by atoms with van der Waals surface area (Å²) in [5.74, 6) is -0.552. The summed E-state index contributed by atoms with van der Waals surface area (Å²) in [6, 6.07) is -0.667. The van der Waals surface area contributed by atoms with E-state index in [1.165, 1.54) is 0 Å². The first-order valence-electron chi connectivity index (χ1n) is 13.2. The molecular weight excluding hydrogens is 691 g/mol. The van der Waals surface area contributed by atoms with Crippen LogP contribution < -0.4 is 27.6 Å². The highest BCUT2D eigenvalue weighted by Gasteiger charge is 2.43. The Morgan fingerprint density at radius 3 is 2.29 bits per heavy atom. The molecule has 1 fully saturated rings. The number of hydrogen-bond donors (Lipinski definition) is 10. The van der Waals surface area contributed by atoms with Crippen LogP contribution in [0.2, 0.25) is 0 Å². The van der Waals surface area contributed by atoms with Crippen LogP contribution in [0.4, 0.5) is 0 Å². The van der Waals surface area contributed by atoms with E-state index >= 15 is 0 Å². The van der Waals surface area contributed by atoms with E-state index in [2.05, 4.69) is 36.4 Å². The van der Waals surface area contributed by atoms with E-state index in [4.69, 9.17) is 20.3 Å². The Bertz CT molecular complexity index is 1440. The van der Waals surface area contributed by atoms with Crippen molar-refractivity contribution in [3.05, 3.63) is 32.6 Å². The molecule has 1 aliphatic heterocycles. The number of aromatic amines is 1. The maximum Gasteiger partial charge on any atom is 0.490 e. The number of hydrogen-bond acceptors (Lipinski definition) is 14. The van der Waals surface area contributed by atoms with Gasteiger partial charge in [0, 0.05) is 37.0 Å². The van der Waals surface area contributed by atoms with Crippen molar-refractivity contribution in [3.8, 4) is 0 Å². The van der Waals surface area contributed by atoms with Crippen LogP contribution >= 0.6 is 36.1 Å². The molecule has 45 heavy (non-hydrogen) atoms. The highest BCUT2D eigenvalue weighted by atomic mass is 32.1. The molecule has 0 aromatic carbocycles. The van der Waals surface area contributed by atoms with E-state index in [1.54, 1.807) is 0 Å². The fraction of sp³-hybridized carbons (Fsp3) is 0.700. The molecule has 21 nitrogen and oxygen atoms in total. The number of phosphoric acid groups is 3. The summed E-state index contributed by atoms with van der Waals surface area (Å²) in [5, 5.41) is 15.6. The Kier molecular flexibility index (Phi) is 15.3. The van der Waals surface area contributed by atoms with Crippen LogP contribution in [0.3, 0.4) is 0 Å². The Morgan fingerprint density at radius 2 is 1.69 bits per heavy atom. The van der Waals surface area contributed by atoms with E-state index in [0.717, 1.165) is 23.6 Å². The lowest BCUT2D eigenvalue weighted by molar-refractivity contribution is -0.122. The van der Waals surface area contributed by atoms with Gasteiger partial charge in [0.05, 0.1) is 25.2 Å². The lowest BCUT2D eigenvalue weighted by Gasteiger charge is -2.19. The van der Waals surface area contributed by atoms with Gasteiger partial charge in [-0.3, -0.25) is 28.5 Å². The van der Waals surface area contributed by atoms with Crippen LogP contribution in [-0.2, 0) is 47.6 Å². The number of phosphoric ester groups is 1. The topological polar surface area (TPSA) is 328 Å². The predicted molar refractivity (Wildman–Crippen MR) is 156 cm³/mol. The number of ether oxygens (including phenoxy) is 1. The van der Waals surface area contributed by atoms with Crippen LogP contribution in [0.1, 0.15) is 43.9 Å². The van der Waals surface area contributed by atoms with Crippen LogP contribution in [0, 0.1) is 0 Å². The molecule has 1 aromatic rings. The van der Waals surface area contributed by atoms with Gasteiger partial charge in [-0.15, -0.1) is 0 Å². The van der Waals surface area contributed by atoms with Crippen LogP contribution in [0.25, 0.3) is 0 Å². The summed E-state index contributed by atoms with van der Waals surface area (Å²) in [6.07, 6.45) is -0.880. The Hall–Kier alpha value is -1.74. The molecule has 0 spiro atoms. The molecule has 0 saturated carbocycles. The molecule has 2 unspecified atom stereocenters. The molecule has 2 amide bonds. The van der Waals surface area contributed by atoms with Crippen LogP contribution in [0.5, 0.6) is 0 Å². The molecule has 1 saturated heterocycles. The zero-order chi connectivity index (χ0) is 34.0. The number of aromatic nitrogens is 2. The molecule has 1 aromatic heterocycles. The summed E-state index contributed by atoms with van der Waals surface area (Å²) >= 11 is 3.96. The van der Waals surface area contributed by atoms with Gasteiger partial charge in [-0.25, -0.2) is 18.5 Å². The van der Waals surface area contributed by atoms with Gasteiger partial charge in [0.1, 0.15) is 12.3 Å². The molecule has 0 bridgehead atoms. The largest absolute Gasteiger partial charge is 0.490 e. The SMILES string of the molecule is N[C@H](CS)C(=O)NCCCCCCNC(=O)Cc1cn([C@H]2C[C@H](O)[C@@H](COP(=O)(O)OP(=O)(O)OP(=O)(O)O)O2)c(=O)[nH]c1=O. The molecule has 1 aliphatic rings. The Labute approximate surface area is 260 Å². The van der Waals surface area contributed by atoms with Gasteiger partial charge in [-0.05, 0) is 12.8 Å². The number of aliphatic hydroxyl groups excluding tert-OH is 1. The molecule has 0 aliphatic carbocycles. The predicted octanol–water partition coefficient (Wildman–Crippen LogP) is -1.88. The van der Waals surface area contributed by atoms with Crippen molar-refractivity contribution >= 4 is 47.9 Å². The van der Waals surface area contributed by atoms with Gasteiger partial charge in [0.25, 0.3) is 5.56 Å². The van der Waals surface area contributed by atoms with Crippen molar-refractivity contribution < 1.29 is 65.8 Å². The lowest BCUT2D eigenvalue weighted by atomic mass is 10.1. The number of carbonyl (C=O) groups is 2. The standard InChI is InChI=1S/C20H36N5O16P3S/c21-13(11-45)19(29)23-6-4-2-1-3-5-22-16(27)7-12-9-25(20(30)24-18(12)28)17-8-14(26)15(39-17)10-38-43(34,35)41-44(36,37)40-42(31,32)33/h9,13-15,17,26,45H,1-8,10-11,21H2,(H,22,27)(H,23,29)(H,34,35)(H,36,37)(H,24,28,30)(H2,31,32,33)/t13-,14+,15-,17-/m1/s1. The summed E-state index contributed by atoms with van der Waals surface area (Å²) in [7, 11) is -16.8. The molecule has 6 atom stereocenters. The molecule has 2 heterocycles. The van der Waals surface area contributed by atoms with E-state index in [9.17, 15) is 47.8 Å². The fourth-order valence-corrected chi connectivity index (χ4v) is 7.06. The van der Waals surface area contributed by atoms with Gasteiger partial charge in [0.15, 0.2) is 0 Å². The van der Waals surface area contributed by atoms with Crippen molar-refractivity contribution in [3.63, 3.8) is 0 Å².